The second-order valence-corrected chi connectivity index (χ2v) is 8.48. The van der Waals surface area contributed by atoms with Gasteiger partial charge in [-0.25, -0.2) is 4.79 Å². The molecular weight excluding hydrogens is 460 g/mol. The molecule has 172 valence electrons. The van der Waals surface area contributed by atoms with Crippen molar-refractivity contribution in [1.29, 1.82) is 0 Å². The first-order chi connectivity index (χ1) is 16.3. The summed E-state index contributed by atoms with van der Waals surface area (Å²) in [6.07, 6.45) is 0. The van der Waals surface area contributed by atoms with Crippen LogP contribution in [0.5, 0.6) is 11.5 Å². The molecule has 2 N–H and O–H groups in total. The van der Waals surface area contributed by atoms with Crippen LogP contribution in [-0.2, 0) is 11.3 Å². The predicted molar refractivity (Wildman–Crippen MR) is 124 cm³/mol. The third kappa shape index (κ3) is 3.82. The lowest BCUT2D eigenvalue weighted by molar-refractivity contribution is -0.120. The second-order valence-electron chi connectivity index (χ2n) is 8.04. The van der Waals surface area contributed by atoms with E-state index in [0.717, 1.165) is 0 Å². The summed E-state index contributed by atoms with van der Waals surface area (Å²) >= 11 is 6.04. The number of ether oxygens (including phenoxy) is 2. The van der Waals surface area contributed by atoms with Crippen molar-refractivity contribution < 1.29 is 29.0 Å². The van der Waals surface area contributed by atoms with Crippen LogP contribution in [0.25, 0.3) is 11.1 Å². The molecule has 9 heteroatoms. The number of hydrogen-bond acceptors (Lipinski definition) is 5. The fourth-order valence-electron chi connectivity index (χ4n) is 4.10. The molecule has 0 saturated heterocycles. The number of carboxylic acids is 1. The second kappa shape index (κ2) is 8.39. The van der Waals surface area contributed by atoms with Crippen molar-refractivity contribution in [2.24, 2.45) is 0 Å². The lowest BCUT2D eigenvalue weighted by atomic mass is 9.96. The molecule has 2 amide bonds. The first-order valence-electron chi connectivity index (χ1n) is 10.5. The van der Waals surface area contributed by atoms with Crippen LogP contribution >= 0.6 is 11.6 Å². The highest BCUT2D eigenvalue weighted by molar-refractivity contribution is 6.31. The third-order valence-corrected chi connectivity index (χ3v) is 6.16. The standard InChI is InChI=1S/C25H19ClN2O6/c1-13-23(29)27-20-10-16(26)4-6-18(20)24(30)28(13)11-14-2-5-17(25(31)32)19(8-14)15-3-7-21-22(9-15)34-12-33-21/h2-10,13H,11-12H2,1H3,(H,27,29)(H,31,32)/t13-/m1/s1. The van der Waals surface area contributed by atoms with Gasteiger partial charge in [0.15, 0.2) is 11.5 Å². The van der Waals surface area contributed by atoms with Crippen LogP contribution in [0.15, 0.2) is 54.6 Å². The normalized spacial score (nSPS) is 16.6. The van der Waals surface area contributed by atoms with E-state index in [2.05, 4.69) is 5.32 Å². The number of rotatable bonds is 4. The average Bonchev–Trinajstić information content (AvgIpc) is 3.26. The molecule has 5 rings (SSSR count). The Labute approximate surface area is 199 Å². The van der Waals surface area contributed by atoms with Gasteiger partial charge in [-0.15, -0.1) is 0 Å². The monoisotopic (exact) mass is 478 g/mol. The molecule has 34 heavy (non-hydrogen) atoms. The van der Waals surface area contributed by atoms with Crippen molar-refractivity contribution in [2.75, 3.05) is 12.1 Å². The molecule has 0 radical (unpaired) electrons. The average molecular weight is 479 g/mol. The van der Waals surface area contributed by atoms with Gasteiger partial charge < -0.3 is 24.8 Å². The molecular formula is C25H19ClN2O6. The van der Waals surface area contributed by atoms with Gasteiger partial charge in [0, 0.05) is 11.6 Å². The minimum atomic E-state index is -1.08. The van der Waals surface area contributed by atoms with E-state index in [1.807, 2.05) is 0 Å². The van der Waals surface area contributed by atoms with Crippen LogP contribution in [0.3, 0.4) is 0 Å². The Morgan fingerprint density at radius 3 is 2.65 bits per heavy atom. The lowest BCUT2D eigenvalue weighted by Crippen LogP contribution is -2.42. The van der Waals surface area contributed by atoms with E-state index < -0.39 is 12.0 Å². The van der Waals surface area contributed by atoms with Gasteiger partial charge >= 0.3 is 5.97 Å². The zero-order chi connectivity index (χ0) is 24.0. The van der Waals surface area contributed by atoms with Crippen molar-refractivity contribution >= 4 is 35.1 Å². The van der Waals surface area contributed by atoms with Crippen molar-refractivity contribution in [1.82, 2.24) is 4.90 Å². The van der Waals surface area contributed by atoms with E-state index in [1.165, 1.54) is 11.0 Å². The van der Waals surface area contributed by atoms with Crippen molar-refractivity contribution in [2.45, 2.75) is 19.5 Å². The Hall–Kier alpha value is -4.04. The molecule has 2 aliphatic rings. The Balaban J connectivity index is 1.53. The Morgan fingerprint density at radius 1 is 1.06 bits per heavy atom. The molecule has 0 aromatic heterocycles. The number of fused-ring (bicyclic) bond motifs is 2. The summed E-state index contributed by atoms with van der Waals surface area (Å²) in [5.74, 6) is -0.631. The van der Waals surface area contributed by atoms with Gasteiger partial charge in [-0.05, 0) is 66.1 Å². The lowest BCUT2D eigenvalue weighted by Gasteiger charge is -2.26. The third-order valence-electron chi connectivity index (χ3n) is 5.93. The van der Waals surface area contributed by atoms with Gasteiger partial charge in [-0.3, -0.25) is 9.59 Å². The van der Waals surface area contributed by atoms with Crippen LogP contribution < -0.4 is 14.8 Å². The molecule has 3 aromatic rings. The van der Waals surface area contributed by atoms with E-state index >= 15 is 0 Å². The Kier molecular flexibility index (Phi) is 5.37. The summed E-state index contributed by atoms with van der Waals surface area (Å²) in [5, 5.41) is 12.9. The maximum Gasteiger partial charge on any atom is 0.336 e. The van der Waals surface area contributed by atoms with E-state index in [1.54, 1.807) is 55.5 Å². The summed E-state index contributed by atoms with van der Waals surface area (Å²) in [4.78, 5) is 39.4. The molecule has 0 bridgehead atoms. The molecule has 3 aromatic carbocycles. The number of halogens is 1. The highest BCUT2D eigenvalue weighted by atomic mass is 35.5. The summed E-state index contributed by atoms with van der Waals surface area (Å²) in [6, 6.07) is 14.0. The number of nitrogens with one attached hydrogen (secondary N) is 1. The van der Waals surface area contributed by atoms with Crippen LogP contribution in [0.2, 0.25) is 5.02 Å². The van der Waals surface area contributed by atoms with Gasteiger partial charge in [0.05, 0.1) is 16.8 Å². The number of carbonyl (C=O) groups excluding carboxylic acids is 2. The zero-order valence-corrected chi connectivity index (χ0v) is 18.8. The van der Waals surface area contributed by atoms with Gasteiger partial charge in [0.1, 0.15) is 6.04 Å². The highest BCUT2D eigenvalue weighted by Crippen LogP contribution is 2.37. The van der Waals surface area contributed by atoms with Crippen LogP contribution in [-0.4, -0.2) is 40.6 Å². The van der Waals surface area contributed by atoms with E-state index in [-0.39, 0.29) is 30.7 Å². The van der Waals surface area contributed by atoms with E-state index in [9.17, 15) is 19.5 Å². The first kappa shape index (κ1) is 21.8. The van der Waals surface area contributed by atoms with Gasteiger partial charge in [0.2, 0.25) is 12.7 Å². The van der Waals surface area contributed by atoms with Gasteiger partial charge in [-0.2, -0.15) is 0 Å². The van der Waals surface area contributed by atoms with Gasteiger partial charge in [-0.1, -0.05) is 23.7 Å². The minimum Gasteiger partial charge on any atom is -0.478 e. The molecule has 8 nitrogen and oxygen atoms in total. The number of carboxylic acid groups (broad SMARTS) is 1. The molecule has 0 fully saturated rings. The Morgan fingerprint density at radius 2 is 1.85 bits per heavy atom. The van der Waals surface area contributed by atoms with Crippen LogP contribution in [0, 0.1) is 0 Å². The number of anilines is 1. The van der Waals surface area contributed by atoms with Crippen LogP contribution in [0.4, 0.5) is 5.69 Å². The minimum absolute atomic E-state index is 0.104. The topological polar surface area (TPSA) is 105 Å². The quantitative estimate of drug-likeness (QED) is 0.575. The number of benzene rings is 3. The molecule has 2 aliphatic heterocycles. The number of nitrogens with zero attached hydrogens (tertiary/aromatic N) is 1. The molecule has 0 saturated carbocycles. The van der Waals surface area contributed by atoms with Crippen molar-refractivity contribution in [3.8, 4) is 22.6 Å². The maximum absolute atomic E-state index is 13.3. The summed E-state index contributed by atoms with van der Waals surface area (Å²) < 4.78 is 10.8. The largest absolute Gasteiger partial charge is 0.478 e. The summed E-state index contributed by atoms with van der Waals surface area (Å²) in [7, 11) is 0. The smallest absolute Gasteiger partial charge is 0.336 e. The number of amides is 2. The number of carbonyl (C=O) groups is 3. The van der Waals surface area contributed by atoms with Crippen LogP contribution in [0.1, 0.15) is 33.2 Å². The SMILES string of the molecule is C[C@@H]1C(=O)Nc2cc(Cl)ccc2C(=O)N1Cc1ccc(C(=O)O)c(-c2ccc3c(c2)OCO3)c1. The number of aromatic carboxylic acids is 1. The highest BCUT2D eigenvalue weighted by Gasteiger charge is 2.32. The van der Waals surface area contributed by atoms with Crippen molar-refractivity contribution in [3.63, 3.8) is 0 Å². The van der Waals surface area contributed by atoms with Crippen molar-refractivity contribution in [3.05, 3.63) is 76.3 Å². The fourth-order valence-corrected chi connectivity index (χ4v) is 4.27. The van der Waals surface area contributed by atoms with Gasteiger partial charge in [0.25, 0.3) is 5.91 Å². The summed E-state index contributed by atoms with van der Waals surface area (Å²) in [6.45, 7) is 1.85. The maximum atomic E-state index is 13.3. The predicted octanol–water partition coefficient (Wildman–Crippen LogP) is 4.42. The molecule has 1 atom stereocenters. The first-order valence-corrected chi connectivity index (χ1v) is 10.9. The molecule has 2 heterocycles. The molecule has 0 aliphatic carbocycles. The Bertz CT molecular complexity index is 1360. The van der Waals surface area contributed by atoms with E-state index in [0.29, 0.717) is 44.5 Å². The number of hydrogen-bond donors (Lipinski definition) is 2. The molecule has 0 unspecified atom stereocenters. The van der Waals surface area contributed by atoms with E-state index in [4.69, 9.17) is 21.1 Å². The molecule has 0 spiro atoms. The summed E-state index contributed by atoms with van der Waals surface area (Å²) in [5.41, 5.74) is 2.57. The zero-order valence-electron chi connectivity index (χ0n) is 18.0. The fraction of sp³-hybridized carbons (Fsp3) is 0.160.